The predicted octanol–water partition coefficient (Wildman–Crippen LogP) is 4.99. The Morgan fingerprint density at radius 3 is 1.84 bits per heavy atom. The Bertz CT molecular complexity index is 505. The van der Waals surface area contributed by atoms with Crippen LogP contribution in [0.2, 0.25) is 6.04 Å². The molecule has 0 bridgehead atoms. The highest BCUT2D eigenvalue weighted by Gasteiger charge is 2.38. The van der Waals surface area contributed by atoms with E-state index in [9.17, 15) is 18.0 Å². The van der Waals surface area contributed by atoms with Gasteiger partial charge in [0.15, 0.2) is 17.5 Å². The van der Waals surface area contributed by atoms with Crippen LogP contribution in [-0.4, -0.2) is 25.8 Å². The van der Waals surface area contributed by atoms with Crippen LogP contribution in [0.15, 0.2) is 12.1 Å². The van der Waals surface area contributed by atoms with E-state index < -0.39 is 26.3 Å². The Kier molecular flexibility index (Phi) is 9.13. The molecule has 144 valence electrons. The van der Waals surface area contributed by atoms with Crippen molar-refractivity contribution in [2.75, 3.05) is 0 Å². The van der Waals surface area contributed by atoms with E-state index in [2.05, 4.69) is 0 Å². The summed E-state index contributed by atoms with van der Waals surface area (Å²) < 4.78 is 50.4. The predicted molar refractivity (Wildman–Crippen MR) is 93.7 cm³/mol. The third-order valence-electron chi connectivity index (χ3n) is 3.59. The molecule has 1 N–H and O–H groups in total. The van der Waals surface area contributed by atoms with Gasteiger partial charge in [-0.1, -0.05) is 12.8 Å². The first-order valence-corrected chi connectivity index (χ1v) is 10.8. The van der Waals surface area contributed by atoms with Crippen molar-refractivity contribution in [1.82, 2.24) is 0 Å². The molecule has 0 heterocycles. The summed E-state index contributed by atoms with van der Waals surface area (Å²) in [6.07, 6.45) is 3.48. The molecule has 0 aliphatic rings. The number of aryl methyl sites for hydroxylation is 1. The van der Waals surface area contributed by atoms with Crippen LogP contribution in [0, 0.1) is 17.5 Å². The number of halogens is 3. The summed E-state index contributed by atoms with van der Waals surface area (Å²) in [7, 11) is -3.16. The summed E-state index contributed by atoms with van der Waals surface area (Å²) in [5.74, 6) is -3.73. The lowest BCUT2D eigenvalue weighted by Crippen LogP contribution is -2.46. The average molecular weight is 379 g/mol. The third-order valence-corrected chi connectivity index (χ3v) is 6.26. The first-order chi connectivity index (χ1) is 11.6. The fourth-order valence-corrected chi connectivity index (χ4v) is 5.13. The second-order valence-corrected chi connectivity index (χ2v) is 9.23. The molecule has 0 aliphatic heterocycles. The molecule has 1 aromatic rings. The van der Waals surface area contributed by atoms with E-state index in [1.165, 1.54) is 0 Å². The molecule has 0 aliphatic carbocycles. The van der Waals surface area contributed by atoms with Crippen LogP contribution in [-0.2, 0) is 15.3 Å². The fourth-order valence-electron chi connectivity index (χ4n) is 2.67. The van der Waals surface area contributed by atoms with E-state index in [1.54, 1.807) is 0 Å². The molecule has 1 rings (SSSR count). The minimum atomic E-state index is -3.16. The summed E-state index contributed by atoms with van der Waals surface area (Å²) >= 11 is 0. The molecule has 25 heavy (non-hydrogen) atoms. The summed E-state index contributed by atoms with van der Waals surface area (Å²) in [6.45, 7) is 7.45. The first kappa shape index (κ1) is 22.1. The SMILES string of the molecule is CC(C)O[Si](O)(CCCCCCc1cc(F)c(F)c(F)c1)OC(C)C. The highest BCUT2D eigenvalue weighted by atomic mass is 28.4. The molecule has 7 heteroatoms. The first-order valence-electron chi connectivity index (χ1n) is 8.84. The molecule has 0 saturated carbocycles. The summed E-state index contributed by atoms with van der Waals surface area (Å²) in [4.78, 5) is 10.5. The molecule has 0 spiro atoms. The molecule has 0 saturated heterocycles. The van der Waals surface area contributed by atoms with E-state index in [1.807, 2.05) is 27.7 Å². The van der Waals surface area contributed by atoms with E-state index in [0.717, 1.165) is 37.8 Å². The number of benzene rings is 1. The standard InChI is InChI=1S/C18H29F3O3Si/c1-13(2)23-25(22,24-14(3)4)10-8-6-5-7-9-15-11-16(19)18(21)17(20)12-15/h11-14,22H,5-10H2,1-4H3. The largest absolute Gasteiger partial charge is 0.498 e. The maximum Gasteiger partial charge on any atom is 0.498 e. The lowest BCUT2D eigenvalue weighted by Gasteiger charge is -2.28. The lowest BCUT2D eigenvalue weighted by atomic mass is 10.1. The van der Waals surface area contributed by atoms with Gasteiger partial charge in [-0.2, -0.15) is 0 Å². The highest BCUT2D eigenvalue weighted by Crippen LogP contribution is 2.20. The van der Waals surface area contributed by atoms with Gasteiger partial charge >= 0.3 is 8.80 Å². The molecular formula is C18H29F3O3Si. The zero-order valence-electron chi connectivity index (χ0n) is 15.4. The van der Waals surface area contributed by atoms with Crippen LogP contribution < -0.4 is 0 Å². The van der Waals surface area contributed by atoms with Crippen molar-refractivity contribution in [3.63, 3.8) is 0 Å². The zero-order chi connectivity index (χ0) is 19.0. The molecule has 0 amide bonds. The maximum atomic E-state index is 13.1. The molecule has 0 unspecified atom stereocenters. The maximum absolute atomic E-state index is 13.1. The van der Waals surface area contributed by atoms with Gasteiger partial charge in [0.2, 0.25) is 0 Å². The van der Waals surface area contributed by atoms with Gasteiger partial charge in [-0.3, -0.25) is 0 Å². The van der Waals surface area contributed by atoms with Gasteiger partial charge in [0.05, 0.1) is 0 Å². The van der Waals surface area contributed by atoms with E-state index in [-0.39, 0.29) is 12.2 Å². The van der Waals surface area contributed by atoms with Crippen molar-refractivity contribution < 1.29 is 26.8 Å². The van der Waals surface area contributed by atoms with E-state index >= 15 is 0 Å². The fraction of sp³-hybridized carbons (Fsp3) is 0.667. The second kappa shape index (κ2) is 10.3. The van der Waals surface area contributed by atoms with Crippen LogP contribution in [0.5, 0.6) is 0 Å². The van der Waals surface area contributed by atoms with Crippen molar-refractivity contribution in [3.8, 4) is 0 Å². The van der Waals surface area contributed by atoms with Gasteiger partial charge in [0.25, 0.3) is 0 Å². The number of unbranched alkanes of at least 4 members (excludes halogenated alkanes) is 3. The molecule has 0 fully saturated rings. The Balaban J connectivity index is 2.34. The average Bonchev–Trinajstić information content (AvgIpc) is 2.46. The summed E-state index contributed by atoms with van der Waals surface area (Å²) in [5.41, 5.74) is 0.452. The minimum absolute atomic E-state index is 0.0984. The second-order valence-electron chi connectivity index (χ2n) is 6.83. The van der Waals surface area contributed by atoms with Crippen LogP contribution in [0.4, 0.5) is 13.2 Å². The normalized spacial score (nSPS) is 12.4. The Hall–Kier alpha value is -0.893. The van der Waals surface area contributed by atoms with Crippen LogP contribution in [0.1, 0.15) is 58.9 Å². The topological polar surface area (TPSA) is 38.7 Å². The number of hydrogen-bond acceptors (Lipinski definition) is 3. The number of rotatable bonds is 11. The van der Waals surface area contributed by atoms with Gasteiger partial charge in [-0.15, -0.1) is 0 Å². The van der Waals surface area contributed by atoms with Crippen LogP contribution in [0.3, 0.4) is 0 Å². The van der Waals surface area contributed by atoms with Crippen molar-refractivity contribution in [2.45, 2.75) is 78.1 Å². The molecule has 0 atom stereocenters. The van der Waals surface area contributed by atoms with Crippen molar-refractivity contribution in [2.24, 2.45) is 0 Å². The van der Waals surface area contributed by atoms with Crippen LogP contribution in [0.25, 0.3) is 0 Å². The Labute approximate surface area is 149 Å². The van der Waals surface area contributed by atoms with Gasteiger partial charge < -0.3 is 13.6 Å². The lowest BCUT2D eigenvalue weighted by molar-refractivity contribution is 0.0472. The van der Waals surface area contributed by atoms with Crippen molar-refractivity contribution in [3.05, 3.63) is 35.1 Å². The van der Waals surface area contributed by atoms with Gasteiger partial charge in [-0.05, 0) is 64.7 Å². The van der Waals surface area contributed by atoms with Crippen LogP contribution >= 0.6 is 0 Å². The quantitative estimate of drug-likeness (QED) is 0.335. The molecular weight excluding hydrogens is 349 g/mol. The Morgan fingerprint density at radius 2 is 1.36 bits per heavy atom. The van der Waals surface area contributed by atoms with Gasteiger partial charge in [-0.25, -0.2) is 13.2 Å². The zero-order valence-corrected chi connectivity index (χ0v) is 16.4. The third kappa shape index (κ3) is 8.35. The number of hydrogen-bond donors (Lipinski definition) is 1. The highest BCUT2D eigenvalue weighted by molar-refractivity contribution is 6.59. The smallest absolute Gasteiger partial charge is 0.390 e. The molecule has 0 radical (unpaired) electrons. The molecule has 1 aromatic carbocycles. The van der Waals surface area contributed by atoms with E-state index in [0.29, 0.717) is 18.0 Å². The van der Waals surface area contributed by atoms with Crippen molar-refractivity contribution >= 4 is 8.80 Å². The van der Waals surface area contributed by atoms with E-state index in [4.69, 9.17) is 8.85 Å². The summed E-state index contributed by atoms with van der Waals surface area (Å²) in [5, 5.41) is 0. The minimum Gasteiger partial charge on any atom is -0.390 e. The van der Waals surface area contributed by atoms with Gasteiger partial charge in [0.1, 0.15) is 0 Å². The molecule has 0 aromatic heterocycles. The molecule has 3 nitrogen and oxygen atoms in total. The summed E-state index contributed by atoms with van der Waals surface area (Å²) in [6, 6.07) is 2.57. The monoisotopic (exact) mass is 378 g/mol. The van der Waals surface area contributed by atoms with Crippen molar-refractivity contribution in [1.29, 1.82) is 0 Å². The van der Waals surface area contributed by atoms with Gasteiger partial charge in [0, 0.05) is 18.3 Å². The Morgan fingerprint density at radius 1 is 0.880 bits per heavy atom.